The van der Waals surface area contributed by atoms with Crippen molar-refractivity contribution in [2.75, 3.05) is 20.3 Å². The van der Waals surface area contributed by atoms with E-state index in [9.17, 15) is 4.79 Å². The van der Waals surface area contributed by atoms with Gasteiger partial charge >= 0.3 is 5.97 Å². The maximum atomic E-state index is 11.6. The lowest BCUT2D eigenvalue weighted by molar-refractivity contribution is -0.152. The highest BCUT2D eigenvalue weighted by molar-refractivity contribution is 5.75. The Hall–Kier alpha value is -1.55. The molecule has 1 rings (SSSR count). The molecule has 0 aliphatic rings. The van der Waals surface area contributed by atoms with Crippen LogP contribution >= 0.6 is 0 Å². The molecule has 0 aliphatic carbocycles. The number of carbonyl (C=O) groups excluding carboxylic acids is 1. The minimum Gasteiger partial charge on any atom is -0.492 e. The molecule has 0 atom stereocenters. The van der Waals surface area contributed by atoms with Gasteiger partial charge in [0.1, 0.15) is 12.4 Å². The average molecular weight is 265 g/mol. The van der Waals surface area contributed by atoms with E-state index in [0.717, 1.165) is 17.7 Å². The lowest BCUT2D eigenvalue weighted by atomic mass is 9.95. The molecular formula is C15H23NO3. The summed E-state index contributed by atoms with van der Waals surface area (Å²) in [6, 6.07) is 5.97. The van der Waals surface area contributed by atoms with E-state index in [0.29, 0.717) is 6.54 Å². The molecule has 1 aromatic carbocycles. The molecule has 0 saturated heterocycles. The van der Waals surface area contributed by atoms with Gasteiger partial charge in [0.05, 0.1) is 12.5 Å². The van der Waals surface area contributed by atoms with Crippen LogP contribution in [0.15, 0.2) is 18.2 Å². The minimum absolute atomic E-state index is 0.278. The molecule has 0 heterocycles. The molecule has 0 aromatic heterocycles. The van der Waals surface area contributed by atoms with Crippen molar-refractivity contribution < 1.29 is 14.3 Å². The Morgan fingerprint density at radius 2 is 2.05 bits per heavy atom. The predicted octanol–water partition coefficient (Wildman–Crippen LogP) is 2.07. The molecule has 2 N–H and O–H groups in total. The lowest BCUT2D eigenvalue weighted by Gasteiger charge is -2.22. The lowest BCUT2D eigenvalue weighted by Crippen LogP contribution is -2.32. The first-order chi connectivity index (χ1) is 8.90. The quantitative estimate of drug-likeness (QED) is 0.800. The van der Waals surface area contributed by atoms with E-state index in [1.807, 2.05) is 19.1 Å². The van der Waals surface area contributed by atoms with Crippen LogP contribution in [-0.4, -0.2) is 26.2 Å². The first-order valence-electron chi connectivity index (χ1n) is 6.41. The summed E-state index contributed by atoms with van der Waals surface area (Å²) in [7, 11) is 1.38. The third-order valence-corrected chi connectivity index (χ3v) is 2.96. The molecular weight excluding hydrogens is 242 g/mol. The van der Waals surface area contributed by atoms with E-state index in [1.165, 1.54) is 12.7 Å². The highest BCUT2D eigenvalue weighted by atomic mass is 16.5. The van der Waals surface area contributed by atoms with E-state index in [-0.39, 0.29) is 12.6 Å². The zero-order chi connectivity index (χ0) is 14.5. The van der Waals surface area contributed by atoms with Gasteiger partial charge in [-0.05, 0) is 45.4 Å². The average Bonchev–Trinajstić information content (AvgIpc) is 2.37. The first kappa shape index (κ1) is 15.5. The Balaban J connectivity index is 2.80. The fourth-order valence-electron chi connectivity index (χ4n) is 1.79. The number of hydrogen-bond donors (Lipinski definition) is 1. The predicted molar refractivity (Wildman–Crippen MR) is 75.2 cm³/mol. The third-order valence-electron chi connectivity index (χ3n) is 2.96. The summed E-state index contributed by atoms with van der Waals surface area (Å²) in [5, 5.41) is 0. The van der Waals surface area contributed by atoms with Crippen LogP contribution in [0.25, 0.3) is 0 Å². The van der Waals surface area contributed by atoms with Gasteiger partial charge in [-0.25, -0.2) is 0 Å². The van der Waals surface area contributed by atoms with Crippen LogP contribution in [0.1, 0.15) is 25.0 Å². The molecule has 0 saturated carbocycles. The van der Waals surface area contributed by atoms with Gasteiger partial charge in [0, 0.05) is 0 Å². The largest absolute Gasteiger partial charge is 0.492 e. The van der Waals surface area contributed by atoms with Gasteiger partial charge < -0.3 is 15.2 Å². The molecule has 1 aromatic rings. The zero-order valence-corrected chi connectivity index (χ0v) is 12.2. The van der Waals surface area contributed by atoms with E-state index in [1.54, 1.807) is 13.8 Å². The molecule has 4 nitrogen and oxygen atoms in total. The van der Waals surface area contributed by atoms with Gasteiger partial charge in [-0.1, -0.05) is 17.7 Å². The number of hydrogen-bond acceptors (Lipinski definition) is 4. The van der Waals surface area contributed by atoms with Crippen molar-refractivity contribution in [3.63, 3.8) is 0 Å². The van der Waals surface area contributed by atoms with E-state index in [2.05, 4.69) is 6.07 Å². The van der Waals surface area contributed by atoms with Gasteiger partial charge in [0.15, 0.2) is 0 Å². The van der Waals surface area contributed by atoms with Crippen molar-refractivity contribution in [3.05, 3.63) is 29.3 Å². The molecule has 4 heteroatoms. The number of nitrogens with two attached hydrogens (primary N) is 1. The molecule has 19 heavy (non-hydrogen) atoms. The smallest absolute Gasteiger partial charge is 0.314 e. The minimum atomic E-state index is -0.667. The number of esters is 1. The maximum absolute atomic E-state index is 11.6. The fraction of sp³-hybridized carbons (Fsp3) is 0.533. The second-order valence-electron chi connectivity index (χ2n) is 5.31. The number of aryl methyl sites for hydroxylation is 1. The van der Waals surface area contributed by atoms with Crippen LogP contribution in [0.4, 0.5) is 0 Å². The Labute approximate surface area is 114 Å². The molecule has 0 amide bonds. The summed E-state index contributed by atoms with van der Waals surface area (Å²) in [4.78, 5) is 11.6. The van der Waals surface area contributed by atoms with Gasteiger partial charge in [-0.2, -0.15) is 0 Å². The number of methoxy groups -OCH3 is 1. The first-order valence-corrected chi connectivity index (χ1v) is 6.41. The van der Waals surface area contributed by atoms with E-state index in [4.69, 9.17) is 15.2 Å². The monoisotopic (exact) mass is 265 g/mol. The fourth-order valence-corrected chi connectivity index (χ4v) is 1.79. The second kappa shape index (κ2) is 6.57. The highest BCUT2D eigenvalue weighted by Gasteiger charge is 2.29. The molecule has 0 aliphatic heterocycles. The van der Waals surface area contributed by atoms with Crippen molar-refractivity contribution in [3.8, 4) is 5.75 Å². The molecule has 0 unspecified atom stereocenters. The summed E-state index contributed by atoms with van der Waals surface area (Å²) in [6.45, 7) is 6.48. The molecule has 0 spiro atoms. The highest BCUT2D eigenvalue weighted by Crippen LogP contribution is 2.24. The number of benzene rings is 1. The number of carbonyl (C=O) groups is 1. The number of ether oxygens (including phenoxy) is 2. The third kappa shape index (κ3) is 4.24. The van der Waals surface area contributed by atoms with Gasteiger partial charge in [-0.15, -0.1) is 0 Å². The van der Waals surface area contributed by atoms with E-state index < -0.39 is 5.41 Å². The summed E-state index contributed by atoms with van der Waals surface area (Å²) in [6.07, 6.45) is 0.760. The van der Waals surface area contributed by atoms with Crippen LogP contribution in [-0.2, 0) is 16.0 Å². The van der Waals surface area contributed by atoms with Crippen LogP contribution in [0, 0.1) is 12.3 Å². The van der Waals surface area contributed by atoms with Gasteiger partial charge in [0.2, 0.25) is 0 Å². The molecule has 0 radical (unpaired) electrons. The van der Waals surface area contributed by atoms with Crippen molar-refractivity contribution in [1.29, 1.82) is 0 Å². The van der Waals surface area contributed by atoms with Crippen molar-refractivity contribution in [1.82, 2.24) is 0 Å². The summed E-state index contributed by atoms with van der Waals surface area (Å²) >= 11 is 0. The second-order valence-corrected chi connectivity index (χ2v) is 5.31. The Morgan fingerprint density at radius 3 is 2.63 bits per heavy atom. The SMILES string of the molecule is COC(=O)C(C)(C)COc1ccc(C)cc1CCN. The Bertz CT molecular complexity index is 441. The molecule has 106 valence electrons. The van der Waals surface area contributed by atoms with Crippen molar-refractivity contribution in [2.24, 2.45) is 11.1 Å². The van der Waals surface area contributed by atoms with Crippen LogP contribution in [0.5, 0.6) is 5.75 Å². The van der Waals surface area contributed by atoms with E-state index >= 15 is 0 Å². The summed E-state index contributed by atoms with van der Waals surface area (Å²) in [5.41, 5.74) is 7.18. The van der Waals surface area contributed by atoms with Crippen LogP contribution in [0.2, 0.25) is 0 Å². The zero-order valence-electron chi connectivity index (χ0n) is 12.2. The number of rotatable bonds is 6. The van der Waals surface area contributed by atoms with Crippen molar-refractivity contribution >= 4 is 5.97 Å². The van der Waals surface area contributed by atoms with Crippen LogP contribution in [0.3, 0.4) is 0 Å². The van der Waals surface area contributed by atoms with Gasteiger partial charge in [0.25, 0.3) is 0 Å². The Morgan fingerprint density at radius 1 is 1.37 bits per heavy atom. The summed E-state index contributed by atoms with van der Waals surface area (Å²) in [5.74, 6) is 0.507. The summed E-state index contributed by atoms with van der Waals surface area (Å²) < 4.78 is 10.5. The molecule has 0 bridgehead atoms. The topological polar surface area (TPSA) is 61.5 Å². The maximum Gasteiger partial charge on any atom is 0.314 e. The van der Waals surface area contributed by atoms with Crippen LogP contribution < -0.4 is 10.5 Å². The standard InChI is InChI=1S/C15H23NO3/c1-11-5-6-13(12(9-11)7-8-16)19-10-15(2,3)14(17)18-4/h5-6,9H,7-8,10,16H2,1-4H3. The normalized spacial score (nSPS) is 11.2. The molecule has 0 fully saturated rings. The van der Waals surface area contributed by atoms with Gasteiger partial charge in [-0.3, -0.25) is 4.79 Å². The Kier molecular flexibility index (Phi) is 5.36. The van der Waals surface area contributed by atoms with Crippen molar-refractivity contribution in [2.45, 2.75) is 27.2 Å².